The Kier molecular flexibility index (Phi) is 8.07. The summed E-state index contributed by atoms with van der Waals surface area (Å²) >= 11 is 5.91. The standard InChI is InChI=1S/C28H26ClF3N2O3/c1-2-3-7-23(35)17-33-18-26(19-5-4-6-20(16-19)28(30,31)32)34(27(33)36)22-10-14-25(15-11-22)37-24-12-8-21(29)9-13-24/h4-6,8-16,26H,2-3,7,17-18H2,1H3. The Bertz CT molecular complexity index is 1250. The van der Waals surface area contributed by atoms with Gasteiger partial charge in [-0.15, -0.1) is 0 Å². The predicted molar refractivity (Wildman–Crippen MR) is 136 cm³/mol. The van der Waals surface area contributed by atoms with Crippen molar-refractivity contribution in [1.29, 1.82) is 0 Å². The smallest absolute Gasteiger partial charge is 0.416 e. The largest absolute Gasteiger partial charge is 0.457 e. The van der Waals surface area contributed by atoms with E-state index >= 15 is 0 Å². The molecule has 194 valence electrons. The van der Waals surface area contributed by atoms with E-state index < -0.39 is 23.8 Å². The lowest BCUT2D eigenvalue weighted by atomic mass is 10.0. The molecule has 37 heavy (non-hydrogen) atoms. The Morgan fingerprint density at radius 3 is 2.30 bits per heavy atom. The lowest BCUT2D eigenvalue weighted by Gasteiger charge is -2.24. The second-order valence-electron chi connectivity index (χ2n) is 8.86. The number of nitrogens with zero attached hydrogens (tertiary/aromatic N) is 2. The summed E-state index contributed by atoms with van der Waals surface area (Å²) in [5.41, 5.74) is 0.0362. The van der Waals surface area contributed by atoms with Gasteiger partial charge in [-0.2, -0.15) is 13.2 Å². The molecule has 3 aromatic carbocycles. The molecule has 0 N–H and O–H groups in total. The van der Waals surface area contributed by atoms with Crippen molar-refractivity contribution < 1.29 is 27.5 Å². The highest BCUT2D eigenvalue weighted by atomic mass is 35.5. The number of unbranched alkanes of at least 4 members (excludes halogenated alkanes) is 1. The molecule has 0 radical (unpaired) electrons. The number of hydrogen-bond donors (Lipinski definition) is 0. The van der Waals surface area contributed by atoms with Gasteiger partial charge in [-0.25, -0.2) is 4.79 Å². The van der Waals surface area contributed by atoms with Crippen LogP contribution in [0.2, 0.25) is 5.02 Å². The van der Waals surface area contributed by atoms with Crippen molar-refractivity contribution >= 4 is 29.1 Å². The van der Waals surface area contributed by atoms with Crippen molar-refractivity contribution in [3.05, 3.63) is 88.9 Å². The average molecular weight is 531 g/mol. The van der Waals surface area contributed by atoms with Crippen LogP contribution in [0.25, 0.3) is 0 Å². The number of rotatable bonds is 9. The molecule has 3 aromatic rings. The number of anilines is 1. The van der Waals surface area contributed by atoms with E-state index in [0.717, 1.165) is 25.0 Å². The van der Waals surface area contributed by atoms with E-state index in [2.05, 4.69) is 0 Å². The molecule has 1 atom stereocenters. The van der Waals surface area contributed by atoms with Gasteiger partial charge in [-0.1, -0.05) is 37.1 Å². The van der Waals surface area contributed by atoms with E-state index in [9.17, 15) is 22.8 Å². The molecule has 0 saturated carbocycles. The van der Waals surface area contributed by atoms with Crippen molar-refractivity contribution in [3.8, 4) is 11.5 Å². The Morgan fingerprint density at radius 2 is 1.68 bits per heavy atom. The second kappa shape index (κ2) is 11.3. The van der Waals surface area contributed by atoms with Crippen LogP contribution in [0.15, 0.2) is 72.8 Å². The van der Waals surface area contributed by atoms with Crippen LogP contribution in [0.4, 0.5) is 23.7 Å². The Hall–Kier alpha value is -3.52. The van der Waals surface area contributed by atoms with Crippen molar-refractivity contribution in [3.63, 3.8) is 0 Å². The molecule has 1 unspecified atom stereocenters. The molecular weight excluding hydrogens is 505 g/mol. The van der Waals surface area contributed by atoms with Crippen LogP contribution in [0.5, 0.6) is 11.5 Å². The molecule has 1 fully saturated rings. The third kappa shape index (κ3) is 6.43. The van der Waals surface area contributed by atoms with Gasteiger partial charge in [0.2, 0.25) is 0 Å². The Labute approximate surface area is 218 Å². The second-order valence-corrected chi connectivity index (χ2v) is 9.30. The van der Waals surface area contributed by atoms with Gasteiger partial charge in [0.1, 0.15) is 11.5 Å². The van der Waals surface area contributed by atoms with Gasteiger partial charge in [0.05, 0.1) is 18.2 Å². The van der Waals surface area contributed by atoms with E-state index in [4.69, 9.17) is 16.3 Å². The zero-order chi connectivity index (χ0) is 26.6. The SMILES string of the molecule is CCCCC(=O)CN1CC(c2cccc(C(F)(F)F)c2)N(c2ccc(Oc3ccc(Cl)cc3)cc2)C1=O. The third-order valence-electron chi connectivity index (χ3n) is 6.12. The Balaban J connectivity index is 1.62. The summed E-state index contributed by atoms with van der Waals surface area (Å²) in [4.78, 5) is 28.7. The third-order valence-corrected chi connectivity index (χ3v) is 6.37. The zero-order valence-electron chi connectivity index (χ0n) is 20.2. The van der Waals surface area contributed by atoms with Gasteiger partial charge >= 0.3 is 12.2 Å². The number of alkyl halides is 3. The minimum atomic E-state index is -4.51. The number of halogens is 4. The van der Waals surface area contributed by atoms with Crippen LogP contribution in [-0.4, -0.2) is 29.8 Å². The van der Waals surface area contributed by atoms with Crippen LogP contribution >= 0.6 is 11.6 Å². The fourth-order valence-corrected chi connectivity index (χ4v) is 4.36. The lowest BCUT2D eigenvalue weighted by molar-refractivity contribution is -0.137. The summed E-state index contributed by atoms with van der Waals surface area (Å²) in [5.74, 6) is 1.01. The number of ether oxygens (including phenoxy) is 1. The summed E-state index contributed by atoms with van der Waals surface area (Å²) in [6.07, 6.45) is -2.59. The van der Waals surface area contributed by atoms with Gasteiger partial charge < -0.3 is 9.64 Å². The van der Waals surface area contributed by atoms with E-state index in [0.29, 0.717) is 34.2 Å². The summed E-state index contributed by atoms with van der Waals surface area (Å²) in [5, 5.41) is 0.577. The van der Waals surface area contributed by atoms with Crippen molar-refractivity contribution in [2.45, 2.75) is 38.4 Å². The molecule has 0 spiro atoms. The molecule has 2 amide bonds. The molecule has 9 heteroatoms. The number of carbonyl (C=O) groups is 2. The molecule has 5 nitrogen and oxygen atoms in total. The quantitative estimate of drug-likeness (QED) is 0.282. The molecule has 0 aromatic heterocycles. The lowest BCUT2D eigenvalue weighted by Crippen LogP contribution is -2.35. The first-order valence-electron chi connectivity index (χ1n) is 12.0. The van der Waals surface area contributed by atoms with Crippen LogP contribution in [0.1, 0.15) is 43.4 Å². The van der Waals surface area contributed by atoms with Crippen molar-refractivity contribution in [2.24, 2.45) is 0 Å². The van der Waals surface area contributed by atoms with E-state index in [1.807, 2.05) is 6.92 Å². The van der Waals surface area contributed by atoms with Crippen LogP contribution < -0.4 is 9.64 Å². The number of carbonyl (C=O) groups excluding carboxylic acids is 2. The molecule has 1 saturated heterocycles. The van der Waals surface area contributed by atoms with E-state index in [1.165, 1.54) is 15.9 Å². The summed E-state index contributed by atoms with van der Waals surface area (Å²) in [6.45, 7) is 1.99. The number of hydrogen-bond acceptors (Lipinski definition) is 3. The summed E-state index contributed by atoms with van der Waals surface area (Å²) < 4.78 is 46.0. The zero-order valence-corrected chi connectivity index (χ0v) is 20.9. The van der Waals surface area contributed by atoms with Gasteiger partial charge in [0, 0.05) is 23.7 Å². The summed E-state index contributed by atoms with van der Waals surface area (Å²) in [6, 6.07) is 17.4. The van der Waals surface area contributed by atoms with E-state index in [1.54, 1.807) is 54.6 Å². The first-order valence-corrected chi connectivity index (χ1v) is 12.3. The predicted octanol–water partition coefficient (Wildman–Crippen LogP) is 7.89. The highest BCUT2D eigenvalue weighted by Crippen LogP contribution is 2.38. The normalized spacial score (nSPS) is 15.8. The minimum Gasteiger partial charge on any atom is -0.457 e. The summed E-state index contributed by atoms with van der Waals surface area (Å²) in [7, 11) is 0. The van der Waals surface area contributed by atoms with Gasteiger partial charge in [0.25, 0.3) is 0 Å². The molecule has 0 aliphatic carbocycles. The molecule has 1 aliphatic heterocycles. The van der Waals surface area contributed by atoms with Gasteiger partial charge in [0.15, 0.2) is 5.78 Å². The molecule has 1 heterocycles. The topological polar surface area (TPSA) is 49.9 Å². The fourth-order valence-electron chi connectivity index (χ4n) is 4.23. The number of amides is 2. The highest BCUT2D eigenvalue weighted by Gasteiger charge is 2.41. The molecule has 4 rings (SSSR count). The Morgan fingerprint density at radius 1 is 1.03 bits per heavy atom. The number of ketones is 1. The highest BCUT2D eigenvalue weighted by molar-refractivity contribution is 6.30. The van der Waals surface area contributed by atoms with Crippen LogP contribution in [0, 0.1) is 0 Å². The maximum atomic E-state index is 13.4. The van der Waals surface area contributed by atoms with Crippen molar-refractivity contribution in [2.75, 3.05) is 18.0 Å². The number of urea groups is 1. The fraction of sp³-hybridized carbons (Fsp3) is 0.286. The van der Waals surface area contributed by atoms with Gasteiger partial charge in [-0.05, 0) is 72.6 Å². The first kappa shape index (κ1) is 26.5. The molecular formula is C28H26ClF3N2O3. The van der Waals surface area contributed by atoms with Crippen LogP contribution in [-0.2, 0) is 11.0 Å². The maximum Gasteiger partial charge on any atom is 0.416 e. The average Bonchev–Trinajstić information content (AvgIpc) is 3.20. The number of Topliss-reactive ketones (excluding diaryl/α,β-unsaturated/α-hetero) is 1. The van der Waals surface area contributed by atoms with Crippen LogP contribution in [0.3, 0.4) is 0 Å². The van der Waals surface area contributed by atoms with E-state index in [-0.39, 0.29) is 18.9 Å². The van der Waals surface area contributed by atoms with Gasteiger partial charge in [-0.3, -0.25) is 9.69 Å². The monoisotopic (exact) mass is 530 g/mol. The maximum absolute atomic E-state index is 13.4. The molecule has 1 aliphatic rings. The number of benzene rings is 3. The molecule has 0 bridgehead atoms. The first-order chi connectivity index (χ1) is 17.7. The van der Waals surface area contributed by atoms with Crippen molar-refractivity contribution in [1.82, 2.24) is 4.90 Å². The minimum absolute atomic E-state index is 0.0773.